The minimum atomic E-state index is -1.58. The summed E-state index contributed by atoms with van der Waals surface area (Å²) in [6, 6.07) is 15.0. The van der Waals surface area contributed by atoms with Gasteiger partial charge in [0, 0.05) is 32.0 Å². The number of rotatable bonds is 14. The van der Waals surface area contributed by atoms with Gasteiger partial charge in [-0.15, -0.1) is 0 Å². The Hall–Kier alpha value is -4.03. The first kappa shape index (κ1) is 38.2. The number of hydrogen-bond donors (Lipinski definition) is 6. The number of amides is 2. The number of nitrogens with zero attached hydrogens (tertiary/aromatic N) is 1. The lowest BCUT2D eigenvalue weighted by atomic mass is 9.90. The molecule has 5 rings (SSSR count). The average molecular weight is 713 g/mol. The van der Waals surface area contributed by atoms with Crippen LogP contribution in [0.4, 0.5) is 0 Å². The number of carbonyl (C=O) groups is 3. The zero-order valence-electron chi connectivity index (χ0n) is 28.0. The third-order valence-corrected chi connectivity index (χ3v) is 8.99. The van der Waals surface area contributed by atoms with Crippen LogP contribution in [0.2, 0.25) is 0 Å². The second-order valence-electron chi connectivity index (χ2n) is 12.4. The quantitative estimate of drug-likeness (QED) is 0.134. The van der Waals surface area contributed by atoms with Crippen molar-refractivity contribution in [1.29, 1.82) is 0 Å². The molecule has 51 heavy (non-hydrogen) atoms. The van der Waals surface area contributed by atoms with E-state index < -0.39 is 79.5 Å². The Balaban J connectivity index is 1.26. The maximum Gasteiger partial charge on any atom is 0.339 e. The number of esters is 1. The Labute approximate surface area is 294 Å². The Morgan fingerprint density at radius 3 is 2.49 bits per heavy atom. The van der Waals surface area contributed by atoms with Crippen molar-refractivity contribution >= 4 is 23.9 Å². The minimum Gasteiger partial charge on any atom is -0.456 e. The molecule has 15 heteroatoms. The van der Waals surface area contributed by atoms with Gasteiger partial charge in [0.15, 0.2) is 6.29 Å². The van der Waals surface area contributed by atoms with Gasteiger partial charge in [-0.25, -0.2) is 4.79 Å². The van der Waals surface area contributed by atoms with Crippen LogP contribution < -0.4 is 5.32 Å². The maximum absolute atomic E-state index is 13.9. The molecule has 0 saturated carbocycles. The van der Waals surface area contributed by atoms with Gasteiger partial charge in [-0.05, 0) is 23.3 Å². The highest BCUT2D eigenvalue weighted by molar-refractivity contribution is 5.97. The maximum atomic E-state index is 13.9. The standard InChI is InChI=1S/C36H44N2O13/c1-38(25(33(44)37-13-14-39)16-21-8-3-2-4-9-21)34(45)23-17-26-32(49-20-48-26)27(18-23)50-35(46)24-12-6-5-10-22(24)11-7-15-47-36-31(43)30(42)29(41)28(19-40)51-36/h2-12,17,25-32,36,39-43H,13-16,18-20H2,1H3,(H,37,44). The molecule has 2 aliphatic heterocycles. The monoisotopic (exact) mass is 712 g/mol. The lowest BCUT2D eigenvalue weighted by Gasteiger charge is -2.39. The number of aliphatic hydroxyl groups is 5. The lowest BCUT2D eigenvalue weighted by molar-refractivity contribution is -0.298. The van der Waals surface area contributed by atoms with Crippen LogP contribution in [0.1, 0.15) is 27.9 Å². The molecule has 9 atom stereocenters. The number of ether oxygens (including phenoxy) is 5. The highest BCUT2D eigenvalue weighted by Crippen LogP contribution is 2.32. The van der Waals surface area contributed by atoms with Crippen molar-refractivity contribution in [2.24, 2.45) is 0 Å². The van der Waals surface area contributed by atoms with Crippen LogP contribution in [0.3, 0.4) is 0 Å². The van der Waals surface area contributed by atoms with Crippen LogP contribution in [0.5, 0.6) is 0 Å². The predicted molar refractivity (Wildman–Crippen MR) is 179 cm³/mol. The molecule has 6 N–H and O–H groups in total. The number of aliphatic hydroxyl groups excluding tert-OH is 5. The second kappa shape index (κ2) is 17.9. The van der Waals surface area contributed by atoms with Crippen molar-refractivity contribution in [3.8, 4) is 0 Å². The van der Waals surface area contributed by atoms with Crippen LogP contribution in [0.25, 0.3) is 6.08 Å². The highest BCUT2D eigenvalue weighted by Gasteiger charge is 2.45. The van der Waals surface area contributed by atoms with E-state index >= 15 is 0 Å². The molecule has 2 heterocycles. The van der Waals surface area contributed by atoms with Crippen molar-refractivity contribution < 1.29 is 63.6 Å². The molecule has 2 fully saturated rings. The first-order valence-corrected chi connectivity index (χ1v) is 16.6. The summed E-state index contributed by atoms with van der Waals surface area (Å²) >= 11 is 0. The van der Waals surface area contributed by atoms with Crippen LogP contribution in [-0.2, 0) is 39.7 Å². The van der Waals surface area contributed by atoms with Gasteiger partial charge in [0.1, 0.15) is 55.6 Å². The van der Waals surface area contributed by atoms with Crippen LogP contribution in [-0.4, -0.2) is 143 Å². The highest BCUT2D eigenvalue weighted by atomic mass is 16.7. The number of hydrogen-bond acceptors (Lipinski definition) is 13. The third kappa shape index (κ3) is 9.26. The molecule has 0 aromatic heterocycles. The molecule has 0 radical (unpaired) electrons. The van der Waals surface area contributed by atoms with Gasteiger partial charge in [-0.1, -0.05) is 60.7 Å². The van der Waals surface area contributed by atoms with E-state index in [4.69, 9.17) is 23.7 Å². The summed E-state index contributed by atoms with van der Waals surface area (Å²) in [5.74, 6) is -1.56. The summed E-state index contributed by atoms with van der Waals surface area (Å²) in [7, 11) is 1.53. The predicted octanol–water partition coefficient (Wildman–Crippen LogP) is -0.708. The first-order chi connectivity index (χ1) is 24.6. The molecule has 15 nitrogen and oxygen atoms in total. The van der Waals surface area contributed by atoms with Crippen molar-refractivity contribution in [2.75, 3.05) is 40.2 Å². The Morgan fingerprint density at radius 1 is 1.00 bits per heavy atom. The van der Waals surface area contributed by atoms with Crippen molar-refractivity contribution in [3.63, 3.8) is 0 Å². The minimum absolute atomic E-state index is 0.000694. The Bertz CT molecular complexity index is 1550. The molecule has 2 aromatic carbocycles. The van der Waals surface area contributed by atoms with Crippen LogP contribution in [0.15, 0.2) is 72.3 Å². The van der Waals surface area contributed by atoms with E-state index in [9.17, 15) is 39.9 Å². The van der Waals surface area contributed by atoms with E-state index in [0.717, 1.165) is 5.56 Å². The molecule has 2 amide bonds. The Kier molecular flexibility index (Phi) is 13.4. The summed E-state index contributed by atoms with van der Waals surface area (Å²) in [5.41, 5.74) is 1.81. The van der Waals surface area contributed by atoms with Crippen LogP contribution >= 0.6 is 0 Å². The molecule has 2 saturated heterocycles. The van der Waals surface area contributed by atoms with Crippen molar-refractivity contribution in [1.82, 2.24) is 10.2 Å². The number of likely N-dealkylation sites (N-methyl/N-ethyl adjacent to an activating group) is 1. The van der Waals surface area contributed by atoms with Gasteiger partial charge in [0.05, 0.1) is 25.4 Å². The number of benzene rings is 2. The smallest absolute Gasteiger partial charge is 0.339 e. The molecule has 3 aliphatic rings. The summed E-state index contributed by atoms with van der Waals surface area (Å²) in [4.78, 5) is 42.0. The fourth-order valence-corrected chi connectivity index (χ4v) is 6.18. The van der Waals surface area contributed by atoms with Gasteiger partial charge in [-0.3, -0.25) is 9.59 Å². The fourth-order valence-electron chi connectivity index (χ4n) is 6.18. The second-order valence-corrected chi connectivity index (χ2v) is 12.4. The van der Waals surface area contributed by atoms with Gasteiger partial charge in [-0.2, -0.15) is 0 Å². The largest absolute Gasteiger partial charge is 0.456 e. The fraction of sp³-hybridized carbons (Fsp3) is 0.472. The zero-order valence-corrected chi connectivity index (χ0v) is 28.0. The molecular weight excluding hydrogens is 668 g/mol. The average Bonchev–Trinajstić information content (AvgIpc) is 3.64. The number of fused-ring (bicyclic) bond motifs is 1. The number of carbonyl (C=O) groups excluding carboxylic acids is 3. The summed E-state index contributed by atoms with van der Waals surface area (Å²) < 4.78 is 28.3. The van der Waals surface area contributed by atoms with E-state index in [-0.39, 0.29) is 50.5 Å². The Morgan fingerprint density at radius 2 is 1.75 bits per heavy atom. The van der Waals surface area contributed by atoms with Gasteiger partial charge in [0.25, 0.3) is 0 Å². The van der Waals surface area contributed by atoms with E-state index in [0.29, 0.717) is 5.56 Å². The van der Waals surface area contributed by atoms with Gasteiger partial charge >= 0.3 is 5.97 Å². The lowest BCUT2D eigenvalue weighted by Crippen LogP contribution is -2.59. The molecule has 0 spiro atoms. The molecule has 276 valence electrons. The topological polar surface area (TPSA) is 214 Å². The summed E-state index contributed by atoms with van der Waals surface area (Å²) in [6.07, 6.45) is -4.29. The van der Waals surface area contributed by atoms with Crippen molar-refractivity contribution in [3.05, 3.63) is 89.0 Å². The first-order valence-electron chi connectivity index (χ1n) is 16.6. The normalized spacial score (nSPS) is 28.1. The van der Waals surface area contributed by atoms with E-state index in [1.165, 1.54) is 11.9 Å². The molecule has 2 aromatic rings. The SMILES string of the molecule is CN(C(=O)C1=CC2OCOC2C(OC(=O)c2ccccc2C=CCOC2OC(CO)C(O)C(O)C2O)C1)C(Cc1ccccc1)C(=O)NCCO. The summed E-state index contributed by atoms with van der Waals surface area (Å²) in [6.45, 7) is -0.990. The summed E-state index contributed by atoms with van der Waals surface area (Å²) in [5, 5.41) is 51.4. The number of nitrogens with one attached hydrogen (secondary N) is 1. The van der Waals surface area contributed by atoms with Gasteiger partial charge < -0.3 is 59.4 Å². The molecular formula is C36H44N2O13. The van der Waals surface area contributed by atoms with Crippen LogP contribution in [0, 0.1) is 0 Å². The van der Waals surface area contributed by atoms with Crippen molar-refractivity contribution in [2.45, 2.75) is 67.9 Å². The van der Waals surface area contributed by atoms with E-state index in [1.54, 1.807) is 42.5 Å². The third-order valence-electron chi connectivity index (χ3n) is 8.99. The molecule has 9 unspecified atom stereocenters. The molecule has 0 bridgehead atoms. The van der Waals surface area contributed by atoms with E-state index in [2.05, 4.69) is 5.32 Å². The van der Waals surface area contributed by atoms with Gasteiger partial charge in [0.2, 0.25) is 11.8 Å². The zero-order chi connectivity index (χ0) is 36.5. The molecule has 1 aliphatic carbocycles. The van der Waals surface area contributed by atoms with E-state index in [1.807, 2.05) is 30.3 Å².